The lowest BCUT2D eigenvalue weighted by atomic mass is 9.92. The van der Waals surface area contributed by atoms with Gasteiger partial charge in [0.1, 0.15) is 0 Å². The summed E-state index contributed by atoms with van der Waals surface area (Å²) < 4.78 is 15.0. The van der Waals surface area contributed by atoms with E-state index in [2.05, 4.69) is 10.3 Å². The van der Waals surface area contributed by atoms with E-state index in [0.717, 1.165) is 11.1 Å². The van der Waals surface area contributed by atoms with Crippen molar-refractivity contribution in [3.63, 3.8) is 0 Å². The highest BCUT2D eigenvalue weighted by molar-refractivity contribution is 5.85. The Labute approximate surface area is 158 Å². The summed E-state index contributed by atoms with van der Waals surface area (Å²) in [5, 5.41) is 2.65. The second kappa shape index (κ2) is 8.75. The van der Waals surface area contributed by atoms with Crippen molar-refractivity contribution in [2.24, 2.45) is 0 Å². The summed E-state index contributed by atoms with van der Waals surface area (Å²) in [5.41, 5.74) is 0.0668. The van der Waals surface area contributed by atoms with Crippen molar-refractivity contribution in [2.75, 3.05) is 13.1 Å². The van der Waals surface area contributed by atoms with Crippen LogP contribution in [0.1, 0.15) is 30.4 Å². The fourth-order valence-corrected chi connectivity index (χ4v) is 3.23. The fourth-order valence-electron chi connectivity index (χ4n) is 3.23. The number of hydrogen-bond donors (Lipinski definition) is 1. The number of carbonyl (C=O) groups excluding carboxylic acids is 2. The van der Waals surface area contributed by atoms with Gasteiger partial charge in [0.15, 0.2) is 5.67 Å². The Morgan fingerprint density at radius 3 is 2.37 bits per heavy atom. The lowest BCUT2D eigenvalue weighted by molar-refractivity contribution is -0.142. The SMILES string of the molecule is O=C(CCc1ccccc1)N1CCC(F)(C(=O)NCc2ccncc2)CC1. The highest BCUT2D eigenvalue weighted by Crippen LogP contribution is 2.27. The van der Waals surface area contributed by atoms with E-state index < -0.39 is 11.6 Å². The number of likely N-dealkylation sites (tertiary alicyclic amines) is 1. The molecule has 0 aliphatic carbocycles. The van der Waals surface area contributed by atoms with Crippen molar-refractivity contribution < 1.29 is 14.0 Å². The molecule has 6 heteroatoms. The molecule has 1 aliphatic heterocycles. The molecule has 0 radical (unpaired) electrons. The first-order valence-electron chi connectivity index (χ1n) is 9.25. The predicted molar refractivity (Wildman–Crippen MR) is 100 cm³/mol. The number of nitrogens with one attached hydrogen (secondary N) is 1. The number of alkyl halides is 1. The molecule has 1 N–H and O–H groups in total. The summed E-state index contributed by atoms with van der Waals surface area (Å²) in [6, 6.07) is 13.4. The van der Waals surface area contributed by atoms with Crippen LogP contribution in [0, 0.1) is 0 Å². The van der Waals surface area contributed by atoms with E-state index in [9.17, 15) is 14.0 Å². The minimum absolute atomic E-state index is 0.0121. The van der Waals surface area contributed by atoms with Crippen LogP contribution < -0.4 is 5.32 Å². The monoisotopic (exact) mass is 369 g/mol. The third-order valence-electron chi connectivity index (χ3n) is 4.99. The van der Waals surface area contributed by atoms with E-state index >= 15 is 0 Å². The van der Waals surface area contributed by atoms with Gasteiger partial charge in [0.25, 0.3) is 5.91 Å². The van der Waals surface area contributed by atoms with Gasteiger partial charge in [-0.15, -0.1) is 0 Å². The molecular weight excluding hydrogens is 345 g/mol. The number of halogens is 1. The standard InChI is InChI=1S/C21H24FN3O2/c22-21(20(27)24-16-18-8-12-23-13-9-18)10-14-25(15-11-21)19(26)7-6-17-4-2-1-3-5-17/h1-5,8-9,12-13H,6-7,10-11,14-16H2,(H,24,27). The summed E-state index contributed by atoms with van der Waals surface area (Å²) in [6.07, 6.45) is 4.40. The van der Waals surface area contributed by atoms with Gasteiger partial charge in [-0.1, -0.05) is 30.3 Å². The number of nitrogens with zero attached hydrogens (tertiary/aromatic N) is 2. The molecule has 142 valence electrons. The van der Waals surface area contributed by atoms with Gasteiger partial charge >= 0.3 is 0 Å². The Morgan fingerprint density at radius 1 is 1.04 bits per heavy atom. The molecule has 1 aromatic heterocycles. The highest BCUT2D eigenvalue weighted by Gasteiger charge is 2.42. The second-order valence-corrected chi connectivity index (χ2v) is 6.87. The van der Waals surface area contributed by atoms with Gasteiger partial charge in [-0.3, -0.25) is 14.6 Å². The number of benzene rings is 1. The highest BCUT2D eigenvalue weighted by atomic mass is 19.1. The van der Waals surface area contributed by atoms with Crippen LogP contribution >= 0.6 is 0 Å². The van der Waals surface area contributed by atoms with E-state index in [1.807, 2.05) is 30.3 Å². The van der Waals surface area contributed by atoms with Crippen LogP contribution in [0.3, 0.4) is 0 Å². The Hall–Kier alpha value is -2.76. The van der Waals surface area contributed by atoms with Crippen molar-refractivity contribution >= 4 is 11.8 Å². The summed E-state index contributed by atoms with van der Waals surface area (Å²) >= 11 is 0. The Bertz CT molecular complexity index is 760. The maximum atomic E-state index is 15.0. The topological polar surface area (TPSA) is 62.3 Å². The maximum absolute atomic E-state index is 15.0. The number of aromatic nitrogens is 1. The van der Waals surface area contributed by atoms with Crippen molar-refractivity contribution in [3.05, 3.63) is 66.0 Å². The summed E-state index contributed by atoms with van der Waals surface area (Å²) in [5.74, 6) is -0.589. The van der Waals surface area contributed by atoms with Crippen LogP contribution in [-0.4, -0.2) is 40.5 Å². The minimum atomic E-state index is -1.91. The van der Waals surface area contributed by atoms with Crippen LogP contribution in [0.4, 0.5) is 4.39 Å². The van der Waals surface area contributed by atoms with Crippen molar-refractivity contribution in [2.45, 2.75) is 37.9 Å². The molecule has 1 aliphatic rings. The van der Waals surface area contributed by atoms with E-state index in [1.165, 1.54) is 0 Å². The van der Waals surface area contributed by atoms with Crippen LogP contribution in [0.2, 0.25) is 0 Å². The Balaban J connectivity index is 1.45. The van der Waals surface area contributed by atoms with Gasteiger partial charge in [-0.25, -0.2) is 4.39 Å². The summed E-state index contributed by atoms with van der Waals surface area (Å²) in [6.45, 7) is 0.812. The molecule has 1 aromatic carbocycles. The van der Waals surface area contributed by atoms with Gasteiger partial charge < -0.3 is 10.2 Å². The molecule has 2 amide bonds. The molecule has 0 unspecified atom stereocenters. The van der Waals surface area contributed by atoms with Crippen LogP contribution in [-0.2, 0) is 22.6 Å². The molecule has 1 saturated heterocycles. The van der Waals surface area contributed by atoms with Crippen LogP contribution in [0.15, 0.2) is 54.9 Å². The van der Waals surface area contributed by atoms with Gasteiger partial charge in [0.05, 0.1) is 0 Å². The molecule has 2 aromatic rings. The first kappa shape index (κ1) is 19.0. The molecule has 0 bridgehead atoms. The van der Waals surface area contributed by atoms with Crippen molar-refractivity contribution in [1.29, 1.82) is 0 Å². The first-order valence-corrected chi connectivity index (χ1v) is 9.25. The van der Waals surface area contributed by atoms with E-state index in [1.54, 1.807) is 29.4 Å². The quantitative estimate of drug-likeness (QED) is 0.852. The number of hydrogen-bond acceptors (Lipinski definition) is 3. The average molecular weight is 369 g/mol. The zero-order valence-corrected chi connectivity index (χ0v) is 15.2. The minimum Gasteiger partial charge on any atom is -0.349 e. The van der Waals surface area contributed by atoms with Crippen LogP contribution in [0.5, 0.6) is 0 Å². The molecule has 5 nitrogen and oxygen atoms in total. The number of amides is 2. The molecule has 0 atom stereocenters. The molecule has 0 spiro atoms. The van der Waals surface area contributed by atoms with Gasteiger partial charge in [0.2, 0.25) is 5.91 Å². The molecule has 2 heterocycles. The number of carbonyl (C=O) groups is 2. The third kappa shape index (κ3) is 5.12. The van der Waals surface area contributed by atoms with Gasteiger partial charge in [-0.05, 0) is 29.7 Å². The number of aryl methyl sites for hydroxylation is 1. The first-order chi connectivity index (χ1) is 13.1. The molecule has 1 fully saturated rings. The molecule has 27 heavy (non-hydrogen) atoms. The van der Waals surface area contributed by atoms with Gasteiger partial charge in [0, 0.05) is 51.3 Å². The zero-order valence-electron chi connectivity index (χ0n) is 15.2. The average Bonchev–Trinajstić information content (AvgIpc) is 2.72. The lowest BCUT2D eigenvalue weighted by Crippen LogP contribution is -2.52. The van der Waals surface area contributed by atoms with E-state index in [0.29, 0.717) is 12.8 Å². The number of piperidine rings is 1. The Morgan fingerprint density at radius 2 is 1.70 bits per heavy atom. The third-order valence-corrected chi connectivity index (χ3v) is 4.99. The normalized spacial score (nSPS) is 16.0. The zero-order chi connectivity index (χ0) is 19.1. The number of rotatable bonds is 6. The maximum Gasteiger partial charge on any atom is 0.258 e. The summed E-state index contributed by atoms with van der Waals surface area (Å²) in [4.78, 5) is 30.2. The fraction of sp³-hybridized carbons (Fsp3) is 0.381. The van der Waals surface area contributed by atoms with Crippen molar-refractivity contribution in [3.8, 4) is 0 Å². The lowest BCUT2D eigenvalue weighted by Gasteiger charge is -2.35. The summed E-state index contributed by atoms with van der Waals surface area (Å²) in [7, 11) is 0. The molecular formula is C21H24FN3O2. The van der Waals surface area contributed by atoms with Gasteiger partial charge in [-0.2, -0.15) is 0 Å². The second-order valence-electron chi connectivity index (χ2n) is 6.87. The molecule has 0 saturated carbocycles. The largest absolute Gasteiger partial charge is 0.349 e. The Kier molecular flexibility index (Phi) is 6.16. The molecule has 3 rings (SSSR count). The van der Waals surface area contributed by atoms with E-state index in [-0.39, 0.29) is 38.4 Å². The van der Waals surface area contributed by atoms with Crippen molar-refractivity contribution in [1.82, 2.24) is 15.2 Å². The van der Waals surface area contributed by atoms with E-state index in [4.69, 9.17) is 0 Å². The smallest absolute Gasteiger partial charge is 0.258 e. The number of pyridine rings is 1. The van der Waals surface area contributed by atoms with Crippen LogP contribution in [0.25, 0.3) is 0 Å². The predicted octanol–water partition coefficient (Wildman–Crippen LogP) is 2.66.